The van der Waals surface area contributed by atoms with Crippen LogP contribution >= 0.6 is 0 Å². The Balaban J connectivity index is 1.78. The number of allylic oxidation sites excluding steroid dienone is 2. The molecule has 0 radical (unpaired) electrons. The van der Waals surface area contributed by atoms with Crippen molar-refractivity contribution in [2.75, 3.05) is 6.61 Å². The van der Waals surface area contributed by atoms with Gasteiger partial charge in [-0.2, -0.15) is 0 Å². The second kappa shape index (κ2) is 6.59. The number of aromatic hydroxyl groups is 1. The number of Topliss-reactive ketones (excluding diaryl/α,β-unsaturated/α-hetero) is 1. The quantitative estimate of drug-likeness (QED) is 0.739. The molecule has 122 valence electrons. The third-order valence-corrected chi connectivity index (χ3v) is 3.67. The van der Waals surface area contributed by atoms with Crippen LogP contribution in [0.25, 0.3) is 0 Å². The second-order valence-electron chi connectivity index (χ2n) is 5.40. The summed E-state index contributed by atoms with van der Waals surface area (Å²) in [4.78, 5) is 32.3. The number of fused-ring (bicyclic) bond motifs is 1. The lowest BCUT2D eigenvalue weighted by Crippen LogP contribution is -2.38. The van der Waals surface area contributed by atoms with Crippen molar-refractivity contribution in [2.24, 2.45) is 0 Å². The minimum atomic E-state index is -0.462. The molecular weight excluding hydrogens is 310 g/mol. The number of aromatic nitrogens is 2. The number of benzene rings is 1. The zero-order valence-electron chi connectivity index (χ0n) is 12.6. The Labute approximate surface area is 137 Å². The molecule has 0 saturated carbocycles. The molecule has 0 bridgehead atoms. The number of carbonyl (C=O) groups is 2. The van der Waals surface area contributed by atoms with Crippen LogP contribution in [0.2, 0.25) is 0 Å². The molecule has 0 aliphatic heterocycles. The lowest BCUT2D eigenvalue weighted by atomic mass is 10.00. The van der Waals surface area contributed by atoms with Gasteiger partial charge < -0.3 is 15.5 Å². The molecule has 1 atom stereocenters. The highest BCUT2D eigenvalue weighted by Gasteiger charge is 2.29. The van der Waals surface area contributed by atoms with Gasteiger partial charge in [0.2, 0.25) is 11.6 Å². The van der Waals surface area contributed by atoms with Crippen molar-refractivity contribution >= 4 is 11.6 Å². The van der Waals surface area contributed by atoms with Crippen LogP contribution < -0.4 is 5.32 Å². The second-order valence-corrected chi connectivity index (χ2v) is 5.40. The van der Waals surface area contributed by atoms with E-state index in [0.717, 1.165) is 5.56 Å². The van der Waals surface area contributed by atoms with E-state index in [4.69, 9.17) is 0 Å². The van der Waals surface area contributed by atoms with Gasteiger partial charge in [0.15, 0.2) is 0 Å². The first-order chi connectivity index (χ1) is 11.6. The molecule has 24 heavy (non-hydrogen) atoms. The van der Waals surface area contributed by atoms with Gasteiger partial charge in [0.1, 0.15) is 17.1 Å². The van der Waals surface area contributed by atoms with Crippen molar-refractivity contribution in [3.63, 3.8) is 0 Å². The molecule has 3 N–H and O–H groups in total. The third kappa shape index (κ3) is 3.16. The fourth-order valence-electron chi connectivity index (χ4n) is 2.48. The predicted molar refractivity (Wildman–Crippen MR) is 84.6 cm³/mol. The number of nitrogens with one attached hydrogen (secondary N) is 1. The van der Waals surface area contributed by atoms with Gasteiger partial charge in [-0.05, 0) is 24.1 Å². The van der Waals surface area contributed by atoms with Crippen LogP contribution in [-0.2, 0) is 6.42 Å². The number of aliphatic hydroxyl groups excluding tert-OH is 1. The van der Waals surface area contributed by atoms with E-state index in [1.807, 2.05) is 0 Å². The molecule has 0 fully saturated rings. The SMILES string of the molecule is O=C1C=C(N[C@H](CO)Cc2ccc(O)cc2)C(=O)c2nccnc21. The molecule has 2 aromatic rings. The van der Waals surface area contributed by atoms with Crippen LogP contribution in [0.15, 0.2) is 48.4 Å². The summed E-state index contributed by atoms with van der Waals surface area (Å²) in [5.41, 5.74) is 1.00. The molecule has 3 rings (SSSR count). The van der Waals surface area contributed by atoms with E-state index >= 15 is 0 Å². The summed E-state index contributed by atoms with van der Waals surface area (Å²) in [6.45, 7) is -0.229. The van der Waals surface area contributed by atoms with Crippen LogP contribution in [0.4, 0.5) is 0 Å². The van der Waals surface area contributed by atoms with Gasteiger partial charge in [0.05, 0.1) is 18.3 Å². The van der Waals surface area contributed by atoms with Crippen molar-refractivity contribution in [2.45, 2.75) is 12.5 Å². The van der Waals surface area contributed by atoms with E-state index in [1.54, 1.807) is 24.3 Å². The van der Waals surface area contributed by atoms with Gasteiger partial charge in [-0.25, -0.2) is 9.97 Å². The highest BCUT2D eigenvalue weighted by molar-refractivity contribution is 6.22. The summed E-state index contributed by atoms with van der Waals surface area (Å²) in [5.74, 6) is -0.679. The van der Waals surface area contributed by atoms with E-state index < -0.39 is 17.6 Å². The summed E-state index contributed by atoms with van der Waals surface area (Å²) in [6, 6.07) is 6.08. The Morgan fingerprint density at radius 1 is 1.04 bits per heavy atom. The molecule has 1 aliphatic rings. The Kier molecular flexibility index (Phi) is 4.35. The number of carbonyl (C=O) groups excluding carboxylic acids is 2. The van der Waals surface area contributed by atoms with Gasteiger partial charge in [0, 0.05) is 18.5 Å². The molecule has 0 unspecified atom stereocenters. The fourth-order valence-corrected chi connectivity index (χ4v) is 2.48. The first kappa shape index (κ1) is 15.8. The molecule has 7 heteroatoms. The van der Waals surface area contributed by atoms with Crippen molar-refractivity contribution < 1.29 is 19.8 Å². The zero-order valence-corrected chi connectivity index (χ0v) is 12.6. The molecule has 1 aliphatic carbocycles. The van der Waals surface area contributed by atoms with Gasteiger partial charge in [-0.1, -0.05) is 12.1 Å². The first-order valence-corrected chi connectivity index (χ1v) is 7.35. The Bertz CT molecular complexity index is 815. The van der Waals surface area contributed by atoms with E-state index in [-0.39, 0.29) is 29.4 Å². The van der Waals surface area contributed by atoms with Gasteiger partial charge in [-0.3, -0.25) is 9.59 Å². The summed E-state index contributed by atoms with van der Waals surface area (Å²) in [5, 5.41) is 21.8. The van der Waals surface area contributed by atoms with Gasteiger partial charge in [-0.15, -0.1) is 0 Å². The van der Waals surface area contributed by atoms with Gasteiger partial charge >= 0.3 is 0 Å². The fraction of sp³-hybridized carbons (Fsp3) is 0.176. The average Bonchev–Trinajstić information content (AvgIpc) is 2.60. The highest BCUT2D eigenvalue weighted by atomic mass is 16.3. The van der Waals surface area contributed by atoms with Crippen molar-refractivity contribution in [1.29, 1.82) is 0 Å². The monoisotopic (exact) mass is 325 g/mol. The van der Waals surface area contributed by atoms with E-state index in [9.17, 15) is 19.8 Å². The van der Waals surface area contributed by atoms with Crippen molar-refractivity contribution in [3.05, 3.63) is 65.4 Å². The molecule has 0 saturated heterocycles. The Morgan fingerprint density at radius 2 is 1.71 bits per heavy atom. The smallest absolute Gasteiger partial charge is 0.229 e. The summed E-state index contributed by atoms with van der Waals surface area (Å²) in [6.07, 6.45) is 4.31. The number of phenolic OH excluding ortho intramolecular Hbond substituents is 1. The average molecular weight is 325 g/mol. The van der Waals surface area contributed by atoms with Crippen molar-refractivity contribution in [3.8, 4) is 5.75 Å². The zero-order chi connectivity index (χ0) is 17.1. The topological polar surface area (TPSA) is 112 Å². The number of nitrogens with zero attached hydrogens (tertiary/aromatic N) is 2. The molecule has 1 heterocycles. The molecule has 1 aromatic carbocycles. The Morgan fingerprint density at radius 3 is 2.38 bits per heavy atom. The molecule has 0 spiro atoms. The van der Waals surface area contributed by atoms with Gasteiger partial charge in [0.25, 0.3) is 0 Å². The number of ketones is 2. The van der Waals surface area contributed by atoms with E-state index in [0.29, 0.717) is 6.42 Å². The summed E-state index contributed by atoms with van der Waals surface area (Å²) < 4.78 is 0. The van der Waals surface area contributed by atoms with Crippen LogP contribution in [0.1, 0.15) is 26.5 Å². The van der Waals surface area contributed by atoms with Crippen LogP contribution in [-0.4, -0.2) is 44.4 Å². The van der Waals surface area contributed by atoms with Crippen LogP contribution in [0.3, 0.4) is 0 Å². The first-order valence-electron chi connectivity index (χ1n) is 7.35. The number of rotatable bonds is 5. The standard InChI is InChI=1S/C17H15N3O4/c21-9-11(7-10-1-3-12(22)4-2-10)20-13-8-14(23)15-16(17(13)24)19-6-5-18-15/h1-6,8,11,20-22H,7,9H2/t11-/m0/s1. The summed E-state index contributed by atoms with van der Waals surface area (Å²) >= 11 is 0. The Hall–Kier alpha value is -3.06. The minimum Gasteiger partial charge on any atom is -0.508 e. The maximum atomic E-state index is 12.4. The maximum Gasteiger partial charge on any atom is 0.229 e. The number of aliphatic hydroxyl groups is 1. The lowest BCUT2D eigenvalue weighted by molar-refractivity contribution is 0.0966. The largest absolute Gasteiger partial charge is 0.508 e. The van der Waals surface area contributed by atoms with Crippen molar-refractivity contribution in [1.82, 2.24) is 15.3 Å². The summed E-state index contributed by atoms with van der Waals surface area (Å²) in [7, 11) is 0. The third-order valence-electron chi connectivity index (χ3n) is 3.67. The molecule has 7 nitrogen and oxygen atoms in total. The predicted octanol–water partition coefficient (Wildman–Crippen LogP) is 0.638. The minimum absolute atomic E-state index is 0.00817. The maximum absolute atomic E-state index is 12.4. The normalized spacial score (nSPS) is 14.8. The number of hydrogen-bond donors (Lipinski definition) is 3. The molecular formula is C17H15N3O4. The highest BCUT2D eigenvalue weighted by Crippen LogP contribution is 2.17. The number of phenols is 1. The molecule has 1 aromatic heterocycles. The lowest BCUT2D eigenvalue weighted by Gasteiger charge is -2.21. The van der Waals surface area contributed by atoms with Crippen LogP contribution in [0.5, 0.6) is 5.75 Å². The number of hydrogen-bond acceptors (Lipinski definition) is 7. The van der Waals surface area contributed by atoms with E-state index in [2.05, 4.69) is 15.3 Å². The van der Waals surface area contributed by atoms with Crippen LogP contribution in [0, 0.1) is 0 Å². The van der Waals surface area contributed by atoms with E-state index in [1.165, 1.54) is 18.5 Å². The molecule has 0 amide bonds.